The Morgan fingerprint density at radius 1 is 0.970 bits per heavy atom. The van der Waals surface area contributed by atoms with Gasteiger partial charge in [0.1, 0.15) is 5.41 Å². The lowest BCUT2D eigenvalue weighted by molar-refractivity contribution is -0.158. The lowest BCUT2D eigenvalue weighted by atomic mass is 9.70. The molecule has 5 heteroatoms. The number of methoxy groups -OCH3 is 1. The Morgan fingerprint density at radius 3 is 2.33 bits per heavy atom. The summed E-state index contributed by atoms with van der Waals surface area (Å²) in [6, 6.07) is 8.52. The molecule has 0 radical (unpaired) electrons. The summed E-state index contributed by atoms with van der Waals surface area (Å²) in [5, 5.41) is 0. The molecule has 0 amide bonds. The third-order valence-electron chi connectivity index (χ3n) is 7.01. The minimum atomic E-state index is -1.08. The van der Waals surface area contributed by atoms with Gasteiger partial charge in [0.15, 0.2) is 5.78 Å². The van der Waals surface area contributed by atoms with E-state index in [1.807, 2.05) is 0 Å². The van der Waals surface area contributed by atoms with Crippen LogP contribution in [0.15, 0.2) is 24.3 Å². The van der Waals surface area contributed by atoms with Crippen molar-refractivity contribution in [1.29, 1.82) is 0 Å². The molecule has 184 valence electrons. The number of rotatable bonds is 15. The average molecular weight is 459 g/mol. The Bertz CT molecular complexity index is 754. The second-order valence-electron chi connectivity index (χ2n) is 9.25. The van der Waals surface area contributed by atoms with E-state index in [0.717, 1.165) is 37.7 Å². The molecule has 0 bridgehead atoms. The van der Waals surface area contributed by atoms with Crippen LogP contribution in [0.4, 0.5) is 0 Å². The number of carbonyl (C=O) groups is 3. The van der Waals surface area contributed by atoms with Crippen LogP contribution in [0.25, 0.3) is 0 Å². The van der Waals surface area contributed by atoms with Gasteiger partial charge in [-0.1, -0.05) is 69.7 Å². The molecule has 0 aromatic heterocycles. The molecule has 2 rings (SSSR count). The van der Waals surface area contributed by atoms with Gasteiger partial charge in [0.05, 0.1) is 13.7 Å². The summed E-state index contributed by atoms with van der Waals surface area (Å²) in [6.45, 7) is 4.43. The number of ether oxygens (including phenoxy) is 2. The fraction of sp³-hybridized carbons (Fsp3) is 0.679. The fourth-order valence-electron chi connectivity index (χ4n) is 5.18. The number of benzene rings is 1. The number of hydrogen-bond donors (Lipinski definition) is 0. The van der Waals surface area contributed by atoms with Gasteiger partial charge in [0.25, 0.3) is 0 Å². The molecule has 0 saturated heterocycles. The summed E-state index contributed by atoms with van der Waals surface area (Å²) < 4.78 is 10.1. The minimum absolute atomic E-state index is 0.00881. The van der Waals surface area contributed by atoms with E-state index < -0.39 is 11.4 Å². The maximum atomic E-state index is 13.1. The number of aryl methyl sites for hydroxylation is 1. The van der Waals surface area contributed by atoms with Gasteiger partial charge in [0, 0.05) is 18.8 Å². The van der Waals surface area contributed by atoms with Crippen molar-refractivity contribution >= 4 is 17.7 Å². The molecule has 0 N–H and O–H groups in total. The maximum Gasteiger partial charge on any atom is 0.319 e. The molecule has 1 saturated carbocycles. The summed E-state index contributed by atoms with van der Waals surface area (Å²) in [4.78, 5) is 37.5. The highest BCUT2D eigenvalue weighted by Gasteiger charge is 2.56. The first-order valence-electron chi connectivity index (χ1n) is 12.9. The van der Waals surface area contributed by atoms with E-state index in [9.17, 15) is 14.4 Å². The van der Waals surface area contributed by atoms with Crippen LogP contribution in [0.5, 0.6) is 0 Å². The predicted molar refractivity (Wildman–Crippen MR) is 130 cm³/mol. The zero-order chi connectivity index (χ0) is 24.1. The fourth-order valence-corrected chi connectivity index (χ4v) is 5.18. The Hall–Kier alpha value is -2.17. The van der Waals surface area contributed by atoms with E-state index in [4.69, 9.17) is 9.47 Å². The second-order valence-corrected chi connectivity index (χ2v) is 9.25. The maximum absolute atomic E-state index is 13.1. The predicted octanol–water partition coefficient (Wildman–Crippen LogP) is 6.32. The normalized spacial score (nSPS) is 20.1. The van der Waals surface area contributed by atoms with Crippen molar-refractivity contribution in [2.24, 2.45) is 5.41 Å². The average Bonchev–Trinajstić information content (AvgIpc) is 3.16. The first-order chi connectivity index (χ1) is 16.0. The van der Waals surface area contributed by atoms with E-state index in [-0.39, 0.29) is 17.7 Å². The van der Waals surface area contributed by atoms with Crippen LogP contribution < -0.4 is 0 Å². The van der Waals surface area contributed by atoms with Crippen molar-refractivity contribution in [3.8, 4) is 0 Å². The number of hydrogen-bond acceptors (Lipinski definition) is 5. The molecule has 0 aliphatic heterocycles. The molecule has 33 heavy (non-hydrogen) atoms. The van der Waals surface area contributed by atoms with Gasteiger partial charge in [-0.25, -0.2) is 0 Å². The van der Waals surface area contributed by atoms with Crippen LogP contribution in [0.1, 0.15) is 108 Å². The molecule has 1 aromatic carbocycles. The van der Waals surface area contributed by atoms with Crippen molar-refractivity contribution in [2.75, 3.05) is 13.7 Å². The molecule has 0 spiro atoms. The molecule has 1 aromatic rings. The first kappa shape index (κ1) is 27.1. The molecule has 1 aliphatic rings. The van der Waals surface area contributed by atoms with Crippen LogP contribution in [-0.4, -0.2) is 31.4 Å². The molecule has 0 heterocycles. The van der Waals surface area contributed by atoms with Crippen LogP contribution in [0.3, 0.4) is 0 Å². The van der Waals surface area contributed by atoms with Crippen LogP contribution in [0.2, 0.25) is 0 Å². The smallest absolute Gasteiger partial charge is 0.319 e. The largest absolute Gasteiger partial charge is 0.468 e. The van der Waals surface area contributed by atoms with Gasteiger partial charge in [0.2, 0.25) is 0 Å². The van der Waals surface area contributed by atoms with Crippen LogP contribution in [0, 0.1) is 5.41 Å². The summed E-state index contributed by atoms with van der Waals surface area (Å²) in [5.41, 5.74) is 1.29. The van der Waals surface area contributed by atoms with E-state index in [1.165, 1.54) is 38.4 Å². The van der Waals surface area contributed by atoms with Gasteiger partial charge < -0.3 is 9.47 Å². The molecule has 1 aliphatic carbocycles. The van der Waals surface area contributed by atoms with Crippen molar-refractivity contribution in [3.63, 3.8) is 0 Å². The summed E-state index contributed by atoms with van der Waals surface area (Å²) >= 11 is 0. The van der Waals surface area contributed by atoms with Crippen LogP contribution >= 0.6 is 0 Å². The molecule has 2 atom stereocenters. The van der Waals surface area contributed by atoms with Crippen LogP contribution in [-0.2, 0) is 30.3 Å². The Labute approximate surface area is 199 Å². The highest BCUT2D eigenvalue weighted by Crippen LogP contribution is 2.51. The van der Waals surface area contributed by atoms with Crippen molar-refractivity contribution in [1.82, 2.24) is 0 Å². The Kier molecular flexibility index (Phi) is 11.6. The molecule has 2 unspecified atom stereocenters. The number of carbonyl (C=O) groups excluding carboxylic acids is 3. The van der Waals surface area contributed by atoms with E-state index in [0.29, 0.717) is 32.3 Å². The summed E-state index contributed by atoms with van der Waals surface area (Å²) in [6.07, 6.45) is 11.3. The third kappa shape index (κ3) is 7.41. The lowest BCUT2D eigenvalue weighted by Gasteiger charge is -2.32. The molecule has 5 nitrogen and oxygen atoms in total. The zero-order valence-corrected chi connectivity index (χ0v) is 20.8. The molecule has 1 fully saturated rings. The SMILES string of the molecule is CCCCCCc1ccc(C2CCC(=O)C2(CCCCCCC(=O)OCC)C(=O)OC)cc1. The molecular weight excluding hydrogens is 416 g/mol. The van der Waals surface area contributed by atoms with Gasteiger partial charge in [-0.2, -0.15) is 0 Å². The highest BCUT2D eigenvalue weighted by atomic mass is 16.5. The number of ketones is 1. The van der Waals surface area contributed by atoms with Crippen molar-refractivity contribution < 1.29 is 23.9 Å². The van der Waals surface area contributed by atoms with Gasteiger partial charge >= 0.3 is 11.9 Å². The van der Waals surface area contributed by atoms with Crippen molar-refractivity contribution in [2.45, 2.75) is 103 Å². The minimum Gasteiger partial charge on any atom is -0.468 e. The van der Waals surface area contributed by atoms with Crippen molar-refractivity contribution in [3.05, 3.63) is 35.4 Å². The summed E-state index contributed by atoms with van der Waals surface area (Å²) in [5.74, 6) is -0.686. The first-order valence-corrected chi connectivity index (χ1v) is 12.9. The van der Waals surface area contributed by atoms with Gasteiger partial charge in [-0.05, 0) is 50.2 Å². The molecular formula is C28H42O5. The second kappa shape index (κ2) is 14.2. The zero-order valence-electron chi connectivity index (χ0n) is 20.8. The Balaban J connectivity index is 2.02. The summed E-state index contributed by atoms with van der Waals surface area (Å²) in [7, 11) is 1.38. The lowest BCUT2D eigenvalue weighted by Crippen LogP contribution is -2.40. The Morgan fingerprint density at radius 2 is 1.67 bits per heavy atom. The number of Topliss-reactive ketones (excluding diaryl/α,β-unsaturated/α-hetero) is 1. The van der Waals surface area contributed by atoms with Gasteiger partial charge in [-0.15, -0.1) is 0 Å². The van der Waals surface area contributed by atoms with Gasteiger partial charge in [-0.3, -0.25) is 14.4 Å². The number of unbranched alkanes of at least 4 members (excludes halogenated alkanes) is 6. The van der Waals surface area contributed by atoms with E-state index in [2.05, 4.69) is 31.2 Å². The topological polar surface area (TPSA) is 69.7 Å². The quantitative estimate of drug-likeness (QED) is 0.175. The monoisotopic (exact) mass is 458 g/mol. The number of esters is 2. The third-order valence-corrected chi connectivity index (χ3v) is 7.01. The highest BCUT2D eigenvalue weighted by molar-refractivity contribution is 6.06. The standard InChI is InChI=1S/C28H42O5/c1-4-6-7-10-13-22-15-17-23(18-16-22)24-19-20-25(29)28(24,27(31)32-3)21-12-9-8-11-14-26(30)33-5-2/h15-18,24H,4-14,19-21H2,1-3H3. The van der Waals surface area contributed by atoms with E-state index in [1.54, 1.807) is 6.92 Å². The van der Waals surface area contributed by atoms with E-state index >= 15 is 0 Å².